The molecule has 0 atom stereocenters. The lowest BCUT2D eigenvalue weighted by atomic mass is 9.95. The Kier molecular flexibility index (Phi) is 7.24. The van der Waals surface area contributed by atoms with Crippen molar-refractivity contribution in [2.45, 2.75) is 44.0 Å². The lowest BCUT2D eigenvalue weighted by Crippen LogP contribution is -2.49. The van der Waals surface area contributed by atoms with Crippen molar-refractivity contribution in [2.75, 3.05) is 24.1 Å². The summed E-state index contributed by atoms with van der Waals surface area (Å²) in [6.07, 6.45) is 1.20. The van der Waals surface area contributed by atoms with Crippen molar-refractivity contribution in [2.24, 2.45) is 5.73 Å². The Morgan fingerprint density at radius 3 is 2.20 bits per heavy atom. The van der Waals surface area contributed by atoms with Crippen LogP contribution in [0, 0.1) is 0 Å². The maximum Gasteiger partial charge on any atom is 0.242 e. The molecule has 0 heterocycles. The standard InChI is InChI=1S/C15H27N3O5S2/c1-5-15(16,6-2)11-17-25(21,22)14-9-8-12(23-4)10-13(14)18-24(19,20)7-3/h8-10,17-18H,5-7,11,16H2,1-4H3. The second kappa shape index (κ2) is 8.35. The van der Waals surface area contributed by atoms with E-state index in [2.05, 4.69) is 9.44 Å². The van der Waals surface area contributed by atoms with Gasteiger partial charge in [-0.1, -0.05) is 13.8 Å². The molecule has 0 radical (unpaired) electrons. The SMILES string of the molecule is CCC(N)(CC)CNS(=O)(=O)c1ccc(OC)cc1NS(=O)(=O)CC. The van der Waals surface area contributed by atoms with Gasteiger partial charge in [-0.25, -0.2) is 21.6 Å². The maximum atomic E-state index is 12.7. The molecule has 1 aromatic rings. The third kappa shape index (κ3) is 5.84. The number of nitrogens with one attached hydrogen (secondary N) is 2. The molecule has 0 bridgehead atoms. The van der Waals surface area contributed by atoms with Crippen LogP contribution >= 0.6 is 0 Å². The summed E-state index contributed by atoms with van der Waals surface area (Å²) in [5.74, 6) is 0.150. The molecule has 0 aliphatic carbocycles. The first-order valence-electron chi connectivity index (χ1n) is 7.99. The van der Waals surface area contributed by atoms with Gasteiger partial charge in [0, 0.05) is 18.2 Å². The van der Waals surface area contributed by atoms with E-state index in [1.165, 1.54) is 32.2 Å². The number of sulfonamides is 2. The first-order chi connectivity index (χ1) is 11.5. The molecular weight excluding hydrogens is 366 g/mol. The van der Waals surface area contributed by atoms with Crippen LogP contribution < -0.4 is 19.9 Å². The monoisotopic (exact) mass is 393 g/mol. The molecule has 10 heteroatoms. The Hall–Kier alpha value is -1.36. The van der Waals surface area contributed by atoms with E-state index < -0.39 is 25.6 Å². The van der Waals surface area contributed by atoms with Crippen LogP contribution in [0.2, 0.25) is 0 Å². The molecule has 0 aliphatic rings. The van der Waals surface area contributed by atoms with Gasteiger partial charge in [0.1, 0.15) is 10.6 Å². The fourth-order valence-corrected chi connectivity index (χ4v) is 4.00. The first kappa shape index (κ1) is 21.7. The zero-order valence-electron chi connectivity index (χ0n) is 15.0. The summed E-state index contributed by atoms with van der Waals surface area (Å²) in [5, 5.41) is 0. The van der Waals surface area contributed by atoms with Gasteiger partial charge in [-0.15, -0.1) is 0 Å². The molecular formula is C15H27N3O5S2. The summed E-state index contributed by atoms with van der Waals surface area (Å²) in [6, 6.07) is 4.08. The highest BCUT2D eigenvalue weighted by atomic mass is 32.2. The number of methoxy groups -OCH3 is 1. The van der Waals surface area contributed by atoms with Crippen LogP contribution in [-0.4, -0.2) is 41.8 Å². The van der Waals surface area contributed by atoms with Crippen molar-refractivity contribution in [1.29, 1.82) is 0 Å². The minimum absolute atomic E-state index is 0.0499. The van der Waals surface area contributed by atoms with Crippen LogP contribution in [0.1, 0.15) is 33.6 Å². The van der Waals surface area contributed by atoms with E-state index in [4.69, 9.17) is 10.5 Å². The molecule has 4 N–H and O–H groups in total. The van der Waals surface area contributed by atoms with Gasteiger partial charge in [0.25, 0.3) is 0 Å². The highest BCUT2D eigenvalue weighted by molar-refractivity contribution is 7.93. The van der Waals surface area contributed by atoms with E-state index in [9.17, 15) is 16.8 Å². The highest BCUT2D eigenvalue weighted by Gasteiger charge is 2.26. The predicted octanol–water partition coefficient (Wildman–Crippen LogP) is 1.25. The van der Waals surface area contributed by atoms with Crippen molar-refractivity contribution in [3.63, 3.8) is 0 Å². The summed E-state index contributed by atoms with van der Waals surface area (Å²) < 4.78 is 58.9. The zero-order chi connectivity index (χ0) is 19.3. The second-order valence-electron chi connectivity index (χ2n) is 5.76. The molecule has 0 unspecified atom stereocenters. The molecule has 1 rings (SSSR count). The summed E-state index contributed by atoms with van der Waals surface area (Å²) >= 11 is 0. The largest absolute Gasteiger partial charge is 0.497 e. The third-order valence-electron chi connectivity index (χ3n) is 4.14. The number of hydrogen-bond donors (Lipinski definition) is 3. The van der Waals surface area contributed by atoms with Crippen LogP contribution in [0.25, 0.3) is 0 Å². The van der Waals surface area contributed by atoms with Crippen molar-refractivity contribution < 1.29 is 21.6 Å². The van der Waals surface area contributed by atoms with Crippen LogP contribution in [0.5, 0.6) is 5.75 Å². The minimum Gasteiger partial charge on any atom is -0.497 e. The topological polar surface area (TPSA) is 128 Å². The van der Waals surface area contributed by atoms with Crippen molar-refractivity contribution in [3.8, 4) is 5.75 Å². The molecule has 25 heavy (non-hydrogen) atoms. The van der Waals surface area contributed by atoms with Crippen LogP contribution in [0.15, 0.2) is 23.1 Å². The summed E-state index contributed by atoms with van der Waals surface area (Å²) in [7, 11) is -6.21. The number of nitrogens with two attached hydrogens (primary N) is 1. The molecule has 8 nitrogen and oxygen atoms in total. The van der Waals surface area contributed by atoms with Crippen LogP contribution in [-0.2, 0) is 20.0 Å². The van der Waals surface area contributed by atoms with E-state index in [-0.39, 0.29) is 22.9 Å². The Balaban J connectivity index is 3.25. The fraction of sp³-hybridized carbons (Fsp3) is 0.600. The molecule has 0 aliphatic heterocycles. The lowest BCUT2D eigenvalue weighted by Gasteiger charge is -2.27. The molecule has 144 valence electrons. The van der Waals surface area contributed by atoms with Gasteiger partial charge in [-0.05, 0) is 31.9 Å². The van der Waals surface area contributed by atoms with Gasteiger partial charge in [-0.3, -0.25) is 4.72 Å². The van der Waals surface area contributed by atoms with Gasteiger partial charge in [0.2, 0.25) is 20.0 Å². The molecule has 1 aromatic carbocycles. The summed E-state index contributed by atoms with van der Waals surface area (Å²) in [5.41, 5.74) is 5.40. The van der Waals surface area contributed by atoms with E-state index in [0.717, 1.165) is 0 Å². The van der Waals surface area contributed by atoms with Crippen molar-refractivity contribution in [1.82, 2.24) is 4.72 Å². The Morgan fingerprint density at radius 2 is 1.72 bits per heavy atom. The minimum atomic E-state index is -3.96. The number of hydrogen-bond acceptors (Lipinski definition) is 6. The van der Waals surface area contributed by atoms with E-state index >= 15 is 0 Å². The molecule has 0 saturated heterocycles. The maximum absolute atomic E-state index is 12.7. The molecule has 0 aromatic heterocycles. The number of rotatable bonds is 10. The highest BCUT2D eigenvalue weighted by Crippen LogP contribution is 2.27. The normalized spacial score (nSPS) is 12.8. The Bertz CT molecular complexity index is 787. The van der Waals surface area contributed by atoms with Crippen LogP contribution in [0.4, 0.5) is 5.69 Å². The molecule has 0 amide bonds. The van der Waals surface area contributed by atoms with E-state index in [0.29, 0.717) is 18.6 Å². The summed E-state index contributed by atoms with van der Waals surface area (Å²) in [4.78, 5) is -0.181. The smallest absolute Gasteiger partial charge is 0.242 e. The number of ether oxygens (including phenoxy) is 1. The number of anilines is 1. The van der Waals surface area contributed by atoms with Gasteiger partial charge < -0.3 is 10.5 Å². The molecule has 0 spiro atoms. The van der Waals surface area contributed by atoms with Crippen molar-refractivity contribution >= 4 is 25.7 Å². The molecule has 0 fully saturated rings. The van der Waals surface area contributed by atoms with Gasteiger partial charge in [-0.2, -0.15) is 0 Å². The first-order valence-corrected chi connectivity index (χ1v) is 11.1. The number of benzene rings is 1. The summed E-state index contributed by atoms with van der Waals surface area (Å²) in [6.45, 7) is 5.27. The van der Waals surface area contributed by atoms with Gasteiger partial charge in [0.15, 0.2) is 0 Å². The Morgan fingerprint density at radius 1 is 1.12 bits per heavy atom. The third-order valence-corrected chi connectivity index (χ3v) is 6.89. The average Bonchev–Trinajstić information content (AvgIpc) is 2.59. The quantitative estimate of drug-likeness (QED) is 0.549. The fourth-order valence-electron chi connectivity index (χ4n) is 2.01. The van der Waals surface area contributed by atoms with E-state index in [1.807, 2.05) is 13.8 Å². The van der Waals surface area contributed by atoms with Crippen molar-refractivity contribution in [3.05, 3.63) is 18.2 Å². The van der Waals surface area contributed by atoms with E-state index in [1.54, 1.807) is 0 Å². The lowest BCUT2D eigenvalue weighted by molar-refractivity contribution is 0.391. The van der Waals surface area contributed by atoms with Gasteiger partial charge >= 0.3 is 0 Å². The predicted molar refractivity (Wildman–Crippen MR) is 98.8 cm³/mol. The zero-order valence-corrected chi connectivity index (χ0v) is 16.6. The second-order valence-corrected chi connectivity index (χ2v) is 9.51. The molecule has 0 saturated carbocycles. The average molecular weight is 394 g/mol. The van der Waals surface area contributed by atoms with Crippen LogP contribution in [0.3, 0.4) is 0 Å². The Labute approximate surface area is 150 Å². The van der Waals surface area contributed by atoms with Gasteiger partial charge in [0.05, 0.1) is 18.6 Å².